The maximum absolute atomic E-state index is 13.2. The molecule has 136 valence electrons. The second-order valence-corrected chi connectivity index (χ2v) is 6.86. The lowest BCUT2D eigenvalue weighted by molar-refractivity contribution is -0.116. The smallest absolute Gasteiger partial charge is 0.227 e. The van der Waals surface area contributed by atoms with Crippen molar-refractivity contribution >= 4 is 11.7 Å². The van der Waals surface area contributed by atoms with Gasteiger partial charge in [-0.2, -0.15) is 4.98 Å². The van der Waals surface area contributed by atoms with Crippen LogP contribution in [0.2, 0.25) is 0 Å². The van der Waals surface area contributed by atoms with Crippen molar-refractivity contribution in [1.29, 1.82) is 0 Å². The largest absolute Gasteiger partial charge is 0.464 e. The number of halogens is 1. The summed E-state index contributed by atoms with van der Waals surface area (Å²) in [6.45, 7) is 1.87. The van der Waals surface area contributed by atoms with Crippen LogP contribution in [0, 0.1) is 12.7 Å². The zero-order chi connectivity index (χ0) is 18.5. The molecule has 0 saturated heterocycles. The van der Waals surface area contributed by atoms with Gasteiger partial charge in [0, 0.05) is 23.3 Å². The molecule has 1 atom stereocenters. The topological polar surface area (TPSA) is 73.0 Å². The summed E-state index contributed by atoms with van der Waals surface area (Å²) in [6, 6.07) is 9.34. The fraction of sp³-hybridized carbons (Fsp3) is 0.250. The Labute approximate surface area is 154 Å². The number of ketones is 1. The number of benzene rings is 1. The van der Waals surface area contributed by atoms with Crippen molar-refractivity contribution in [3.63, 3.8) is 0 Å². The lowest BCUT2D eigenvalue weighted by atomic mass is 9.88. The van der Waals surface area contributed by atoms with Crippen LogP contribution in [0.1, 0.15) is 36.8 Å². The van der Waals surface area contributed by atoms with Crippen LogP contribution in [0.15, 0.2) is 52.1 Å². The molecular formula is C20H17FN4O2. The summed E-state index contributed by atoms with van der Waals surface area (Å²) in [5.74, 6) is 2.25. The maximum atomic E-state index is 13.2. The molecule has 1 unspecified atom stereocenters. The third kappa shape index (κ3) is 2.58. The SMILES string of the molecule is Cc1ccc(C2C3=C(CCCC3=O)Nc3nc(-c4ccc(F)cc4)nn32)o1. The molecule has 0 saturated carbocycles. The maximum Gasteiger partial charge on any atom is 0.227 e. The van der Waals surface area contributed by atoms with E-state index >= 15 is 0 Å². The van der Waals surface area contributed by atoms with Gasteiger partial charge < -0.3 is 9.73 Å². The standard InChI is InChI=1S/C20H17FN4O2/c1-11-5-10-16(27-11)18-17-14(3-2-4-15(17)26)22-20-23-19(24-25(18)20)12-6-8-13(21)9-7-12/h5-10,18H,2-4H2,1H3,(H,22,23,24). The van der Waals surface area contributed by atoms with Crippen molar-refractivity contribution in [2.75, 3.05) is 5.32 Å². The average molecular weight is 364 g/mol. The van der Waals surface area contributed by atoms with E-state index in [2.05, 4.69) is 15.4 Å². The normalized spacial score (nSPS) is 18.9. The van der Waals surface area contributed by atoms with Gasteiger partial charge in [-0.3, -0.25) is 4.79 Å². The molecule has 1 aliphatic heterocycles. The molecule has 3 aromatic rings. The van der Waals surface area contributed by atoms with Gasteiger partial charge in [-0.05, 0) is 56.2 Å². The highest BCUT2D eigenvalue weighted by Gasteiger charge is 2.38. The summed E-state index contributed by atoms with van der Waals surface area (Å²) >= 11 is 0. The summed E-state index contributed by atoms with van der Waals surface area (Å²) in [4.78, 5) is 17.3. The van der Waals surface area contributed by atoms with E-state index in [1.165, 1.54) is 12.1 Å². The van der Waals surface area contributed by atoms with Gasteiger partial charge in [0.25, 0.3) is 0 Å². The van der Waals surface area contributed by atoms with Gasteiger partial charge in [-0.1, -0.05) is 0 Å². The first-order valence-electron chi connectivity index (χ1n) is 8.92. The Morgan fingerprint density at radius 2 is 2.00 bits per heavy atom. The van der Waals surface area contributed by atoms with Crippen LogP contribution in [-0.4, -0.2) is 20.5 Å². The van der Waals surface area contributed by atoms with Gasteiger partial charge in [-0.25, -0.2) is 9.07 Å². The molecule has 1 aliphatic carbocycles. The molecule has 5 rings (SSSR count). The van der Waals surface area contributed by atoms with Gasteiger partial charge >= 0.3 is 0 Å². The predicted molar refractivity (Wildman–Crippen MR) is 96.5 cm³/mol. The van der Waals surface area contributed by atoms with E-state index in [-0.39, 0.29) is 11.6 Å². The number of rotatable bonds is 2. The van der Waals surface area contributed by atoms with Gasteiger partial charge in [0.05, 0.1) is 0 Å². The van der Waals surface area contributed by atoms with E-state index in [1.54, 1.807) is 16.8 Å². The molecule has 6 nitrogen and oxygen atoms in total. The van der Waals surface area contributed by atoms with Crippen LogP contribution in [0.5, 0.6) is 0 Å². The molecule has 0 fully saturated rings. The first-order valence-corrected chi connectivity index (χ1v) is 8.92. The molecule has 7 heteroatoms. The Bertz CT molecular complexity index is 1080. The average Bonchev–Trinajstić information content (AvgIpc) is 3.27. The highest BCUT2D eigenvalue weighted by molar-refractivity contribution is 5.99. The van der Waals surface area contributed by atoms with Crippen LogP contribution in [0.25, 0.3) is 11.4 Å². The lowest BCUT2D eigenvalue weighted by Crippen LogP contribution is -2.31. The van der Waals surface area contributed by atoms with Gasteiger partial charge in [0.2, 0.25) is 5.95 Å². The molecule has 0 amide bonds. The predicted octanol–water partition coefficient (Wildman–Crippen LogP) is 4.01. The Morgan fingerprint density at radius 1 is 1.19 bits per heavy atom. The first-order chi connectivity index (χ1) is 13.1. The number of anilines is 1. The number of aromatic nitrogens is 3. The molecule has 2 aromatic heterocycles. The number of hydrogen-bond donors (Lipinski definition) is 1. The number of nitrogens with one attached hydrogen (secondary N) is 1. The third-order valence-corrected chi connectivity index (χ3v) is 5.00. The van der Waals surface area contributed by atoms with E-state index in [1.807, 2.05) is 19.1 Å². The number of Topliss-reactive ketones (excluding diaryl/α,β-unsaturated/α-hetero) is 1. The number of carbonyl (C=O) groups is 1. The van der Waals surface area contributed by atoms with E-state index in [4.69, 9.17) is 4.42 Å². The fourth-order valence-corrected chi connectivity index (χ4v) is 3.74. The molecule has 1 aromatic carbocycles. The van der Waals surface area contributed by atoms with Crippen LogP contribution in [0.4, 0.5) is 10.3 Å². The monoisotopic (exact) mass is 364 g/mol. The summed E-state index contributed by atoms with van der Waals surface area (Å²) in [5.41, 5.74) is 2.29. The minimum atomic E-state index is -0.445. The van der Waals surface area contributed by atoms with Gasteiger partial charge in [0.15, 0.2) is 11.6 Å². The van der Waals surface area contributed by atoms with Crippen LogP contribution in [-0.2, 0) is 4.79 Å². The molecule has 2 aliphatic rings. The third-order valence-electron chi connectivity index (χ3n) is 5.00. The number of aryl methyl sites for hydroxylation is 1. The van der Waals surface area contributed by atoms with Crippen molar-refractivity contribution in [3.05, 3.63) is 65.0 Å². The van der Waals surface area contributed by atoms with Crippen molar-refractivity contribution in [3.8, 4) is 11.4 Å². The Balaban J connectivity index is 1.66. The molecule has 1 N–H and O–H groups in total. The first kappa shape index (κ1) is 16.0. The Hall–Kier alpha value is -3.22. The molecule has 0 spiro atoms. The molecule has 0 bridgehead atoms. The van der Waals surface area contributed by atoms with Crippen molar-refractivity contribution in [2.45, 2.75) is 32.2 Å². The van der Waals surface area contributed by atoms with E-state index in [9.17, 15) is 9.18 Å². The number of furan rings is 1. The van der Waals surface area contributed by atoms with Crippen LogP contribution in [0.3, 0.4) is 0 Å². The number of carbonyl (C=O) groups excluding carboxylic acids is 1. The second-order valence-electron chi connectivity index (χ2n) is 6.86. The fourth-order valence-electron chi connectivity index (χ4n) is 3.74. The van der Waals surface area contributed by atoms with Crippen molar-refractivity contribution in [1.82, 2.24) is 14.8 Å². The van der Waals surface area contributed by atoms with Crippen LogP contribution < -0.4 is 5.32 Å². The van der Waals surface area contributed by atoms with Gasteiger partial charge in [0.1, 0.15) is 23.4 Å². The minimum Gasteiger partial charge on any atom is -0.464 e. The lowest BCUT2D eigenvalue weighted by Gasteiger charge is -2.30. The molecule has 0 radical (unpaired) electrons. The van der Waals surface area contributed by atoms with E-state index in [0.29, 0.717) is 35.1 Å². The number of nitrogens with zero attached hydrogens (tertiary/aromatic N) is 3. The molecular weight excluding hydrogens is 347 g/mol. The quantitative estimate of drug-likeness (QED) is 0.744. The number of allylic oxidation sites excluding steroid dienone is 2. The minimum absolute atomic E-state index is 0.104. The Morgan fingerprint density at radius 3 is 2.74 bits per heavy atom. The summed E-state index contributed by atoms with van der Waals surface area (Å²) < 4.78 is 20.8. The second kappa shape index (κ2) is 5.90. The van der Waals surface area contributed by atoms with Crippen molar-refractivity contribution in [2.24, 2.45) is 0 Å². The number of hydrogen-bond acceptors (Lipinski definition) is 5. The van der Waals surface area contributed by atoms with Crippen LogP contribution >= 0.6 is 0 Å². The summed E-state index contributed by atoms with van der Waals surface area (Å²) in [6.07, 6.45) is 2.12. The van der Waals surface area contributed by atoms with Crippen molar-refractivity contribution < 1.29 is 13.6 Å². The summed E-state index contributed by atoms with van der Waals surface area (Å²) in [5, 5.41) is 7.89. The summed E-state index contributed by atoms with van der Waals surface area (Å²) in [7, 11) is 0. The van der Waals surface area contributed by atoms with Gasteiger partial charge in [-0.15, -0.1) is 5.10 Å². The Kier molecular flexibility index (Phi) is 3.50. The molecule has 3 heterocycles. The highest BCUT2D eigenvalue weighted by atomic mass is 19.1. The number of fused-ring (bicyclic) bond motifs is 1. The zero-order valence-corrected chi connectivity index (χ0v) is 14.7. The van der Waals surface area contributed by atoms with E-state index in [0.717, 1.165) is 24.3 Å². The zero-order valence-electron chi connectivity index (χ0n) is 14.7. The molecule has 27 heavy (non-hydrogen) atoms. The highest BCUT2D eigenvalue weighted by Crippen LogP contribution is 2.41. The van der Waals surface area contributed by atoms with E-state index < -0.39 is 6.04 Å².